The minimum Gasteiger partial charge on any atom is -0.456 e. The predicted octanol–water partition coefficient (Wildman–Crippen LogP) is 7.37. The van der Waals surface area contributed by atoms with Gasteiger partial charge in [0.2, 0.25) is 0 Å². The molecule has 1 amide bonds. The second kappa shape index (κ2) is 14.5. The summed E-state index contributed by atoms with van der Waals surface area (Å²) in [6.07, 6.45) is 4.46. The van der Waals surface area contributed by atoms with Crippen molar-refractivity contribution in [2.24, 2.45) is 0 Å². The number of ether oxygens (including phenoxy) is 1. The van der Waals surface area contributed by atoms with Crippen molar-refractivity contribution in [2.45, 2.75) is 55.2 Å². The van der Waals surface area contributed by atoms with E-state index in [1.807, 2.05) is 54.6 Å². The van der Waals surface area contributed by atoms with E-state index in [4.69, 9.17) is 16.3 Å². The Labute approximate surface area is 221 Å². The van der Waals surface area contributed by atoms with E-state index in [-0.39, 0.29) is 18.6 Å². The van der Waals surface area contributed by atoms with Crippen LogP contribution in [0.5, 0.6) is 0 Å². The number of nitrogens with one attached hydrogen (secondary N) is 1. The third kappa shape index (κ3) is 9.17. The molecule has 188 valence electrons. The summed E-state index contributed by atoms with van der Waals surface area (Å²) in [6, 6.07) is 22.3. The van der Waals surface area contributed by atoms with Gasteiger partial charge >= 0.3 is 5.97 Å². The summed E-state index contributed by atoms with van der Waals surface area (Å²) >= 11 is 7.43. The van der Waals surface area contributed by atoms with Crippen molar-refractivity contribution in [3.05, 3.63) is 88.9 Å². The second-order valence-electron chi connectivity index (χ2n) is 8.34. The van der Waals surface area contributed by atoms with Gasteiger partial charge in [-0.15, -0.1) is 0 Å². The standard InChI is InChI=1S/C29H30ClNO4S/c1-2-3-4-7-21-10-12-22(13-11-21)26(32)18-19-29(34)35-20-28(33)31-25-8-5-6-9-27(25)36-24-16-14-23(30)15-17-24/h5-6,8-17H,2-4,7,18-20H2,1H3,(H,31,33). The molecular formula is C29H30ClNO4S. The van der Waals surface area contributed by atoms with Crippen LogP contribution in [0.15, 0.2) is 82.6 Å². The Balaban J connectivity index is 1.42. The van der Waals surface area contributed by atoms with Crippen molar-refractivity contribution in [3.8, 4) is 0 Å². The third-order valence-corrected chi connectivity index (χ3v) is 6.80. The van der Waals surface area contributed by atoms with Crippen LogP contribution in [0.2, 0.25) is 5.02 Å². The van der Waals surface area contributed by atoms with E-state index < -0.39 is 18.5 Å². The molecular weight excluding hydrogens is 494 g/mol. The number of rotatable bonds is 13. The topological polar surface area (TPSA) is 72.5 Å². The van der Waals surface area contributed by atoms with Gasteiger partial charge in [0.15, 0.2) is 12.4 Å². The Kier molecular flexibility index (Phi) is 11.0. The average Bonchev–Trinajstić information content (AvgIpc) is 2.89. The summed E-state index contributed by atoms with van der Waals surface area (Å²) in [4.78, 5) is 38.7. The van der Waals surface area contributed by atoms with E-state index in [2.05, 4.69) is 12.2 Å². The number of unbranched alkanes of at least 4 members (excludes halogenated alkanes) is 2. The van der Waals surface area contributed by atoms with Crippen molar-refractivity contribution >= 4 is 46.7 Å². The molecule has 0 unspecified atom stereocenters. The molecule has 7 heteroatoms. The van der Waals surface area contributed by atoms with Crippen LogP contribution in [0.25, 0.3) is 0 Å². The molecule has 0 aliphatic carbocycles. The summed E-state index contributed by atoms with van der Waals surface area (Å²) in [5.74, 6) is -1.15. The SMILES string of the molecule is CCCCCc1ccc(C(=O)CCC(=O)OCC(=O)Nc2ccccc2Sc2ccc(Cl)cc2)cc1. The number of ketones is 1. The number of amides is 1. The zero-order valence-corrected chi connectivity index (χ0v) is 21.9. The van der Waals surface area contributed by atoms with Crippen LogP contribution in [0.1, 0.15) is 54.9 Å². The van der Waals surface area contributed by atoms with Crippen molar-refractivity contribution in [3.63, 3.8) is 0 Å². The predicted molar refractivity (Wildman–Crippen MR) is 145 cm³/mol. The number of anilines is 1. The van der Waals surface area contributed by atoms with Crippen LogP contribution in [0.4, 0.5) is 5.69 Å². The highest BCUT2D eigenvalue weighted by Gasteiger charge is 2.13. The fourth-order valence-electron chi connectivity index (χ4n) is 3.49. The highest BCUT2D eigenvalue weighted by Crippen LogP contribution is 2.33. The van der Waals surface area contributed by atoms with Crippen molar-refractivity contribution in [1.29, 1.82) is 0 Å². The van der Waals surface area contributed by atoms with Gasteiger partial charge in [-0.1, -0.05) is 79.5 Å². The van der Waals surface area contributed by atoms with E-state index >= 15 is 0 Å². The number of carbonyl (C=O) groups excluding carboxylic acids is 3. The van der Waals surface area contributed by atoms with E-state index in [1.165, 1.54) is 30.2 Å². The third-order valence-electron chi connectivity index (χ3n) is 5.47. The summed E-state index contributed by atoms with van der Waals surface area (Å²) in [6.45, 7) is 1.75. The lowest BCUT2D eigenvalue weighted by atomic mass is 10.0. The fourth-order valence-corrected chi connectivity index (χ4v) is 4.52. The molecule has 0 aliphatic heterocycles. The molecule has 5 nitrogen and oxygen atoms in total. The van der Waals surface area contributed by atoms with Crippen molar-refractivity contribution in [1.82, 2.24) is 0 Å². The molecule has 3 rings (SSSR count). The molecule has 0 atom stereocenters. The molecule has 0 bridgehead atoms. The number of Topliss-reactive ketones (excluding diaryl/α,β-unsaturated/α-hetero) is 1. The smallest absolute Gasteiger partial charge is 0.306 e. The van der Waals surface area contributed by atoms with Crippen molar-refractivity contribution in [2.75, 3.05) is 11.9 Å². The maximum absolute atomic E-state index is 12.4. The van der Waals surface area contributed by atoms with Gasteiger partial charge in [-0.2, -0.15) is 0 Å². The Hall–Kier alpha value is -3.09. The molecule has 0 aliphatic rings. The average molecular weight is 524 g/mol. The minimum absolute atomic E-state index is 0.0379. The fraction of sp³-hybridized carbons (Fsp3) is 0.276. The lowest BCUT2D eigenvalue weighted by Crippen LogP contribution is -2.21. The minimum atomic E-state index is -0.585. The summed E-state index contributed by atoms with van der Waals surface area (Å²) in [5, 5.41) is 3.43. The molecule has 0 spiro atoms. The van der Waals surface area contributed by atoms with Gasteiger partial charge < -0.3 is 10.1 Å². The van der Waals surface area contributed by atoms with Gasteiger partial charge in [-0.3, -0.25) is 14.4 Å². The first-order chi connectivity index (χ1) is 17.4. The molecule has 36 heavy (non-hydrogen) atoms. The van der Waals surface area contributed by atoms with Crippen LogP contribution < -0.4 is 5.32 Å². The van der Waals surface area contributed by atoms with Gasteiger partial charge in [0, 0.05) is 26.8 Å². The quantitative estimate of drug-likeness (QED) is 0.144. The molecule has 1 N–H and O–H groups in total. The molecule has 0 heterocycles. The molecule has 0 fully saturated rings. The van der Waals surface area contributed by atoms with Crippen molar-refractivity contribution < 1.29 is 19.1 Å². The van der Waals surface area contributed by atoms with Crippen LogP contribution in [-0.4, -0.2) is 24.3 Å². The first kappa shape index (κ1) is 27.5. The molecule has 3 aromatic rings. The number of benzene rings is 3. The highest BCUT2D eigenvalue weighted by molar-refractivity contribution is 7.99. The van der Waals surface area contributed by atoms with Gasteiger partial charge in [0.1, 0.15) is 0 Å². The first-order valence-electron chi connectivity index (χ1n) is 12.0. The monoisotopic (exact) mass is 523 g/mol. The molecule has 0 radical (unpaired) electrons. The molecule has 0 saturated heterocycles. The van der Waals surface area contributed by atoms with E-state index in [1.54, 1.807) is 18.2 Å². The second-order valence-corrected chi connectivity index (χ2v) is 9.89. The van der Waals surface area contributed by atoms with Gasteiger partial charge in [-0.05, 0) is 54.8 Å². The van der Waals surface area contributed by atoms with Crippen LogP contribution >= 0.6 is 23.4 Å². The zero-order valence-electron chi connectivity index (χ0n) is 20.3. The van der Waals surface area contributed by atoms with Gasteiger partial charge in [-0.25, -0.2) is 0 Å². The Bertz CT molecular complexity index is 1160. The maximum atomic E-state index is 12.4. The molecule has 0 saturated carbocycles. The Morgan fingerprint density at radius 2 is 1.61 bits per heavy atom. The summed E-state index contributed by atoms with van der Waals surface area (Å²) in [5.41, 5.74) is 2.40. The van der Waals surface area contributed by atoms with Gasteiger partial charge in [0.25, 0.3) is 5.91 Å². The maximum Gasteiger partial charge on any atom is 0.306 e. The highest BCUT2D eigenvalue weighted by atomic mass is 35.5. The van der Waals surface area contributed by atoms with Crippen LogP contribution in [0, 0.1) is 0 Å². The number of para-hydroxylation sites is 1. The number of esters is 1. The first-order valence-corrected chi connectivity index (χ1v) is 13.2. The number of hydrogen-bond acceptors (Lipinski definition) is 5. The summed E-state index contributed by atoms with van der Waals surface area (Å²) < 4.78 is 5.08. The van der Waals surface area contributed by atoms with E-state index in [9.17, 15) is 14.4 Å². The van der Waals surface area contributed by atoms with Crippen LogP contribution in [0.3, 0.4) is 0 Å². The van der Waals surface area contributed by atoms with E-state index in [0.717, 1.165) is 22.6 Å². The lowest BCUT2D eigenvalue weighted by Gasteiger charge is -2.11. The Morgan fingerprint density at radius 3 is 2.33 bits per heavy atom. The number of halogens is 1. The normalized spacial score (nSPS) is 10.6. The van der Waals surface area contributed by atoms with E-state index in [0.29, 0.717) is 16.3 Å². The summed E-state index contributed by atoms with van der Waals surface area (Å²) in [7, 11) is 0. The molecule has 3 aromatic carbocycles. The number of aryl methyl sites for hydroxylation is 1. The van der Waals surface area contributed by atoms with Gasteiger partial charge in [0.05, 0.1) is 12.1 Å². The lowest BCUT2D eigenvalue weighted by molar-refractivity contribution is -0.147. The zero-order chi connectivity index (χ0) is 25.8. The Morgan fingerprint density at radius 1 is 0.889 bits per heavy atom. The number of carbonyl (C=O) groups is 3. The van der Waals surface area contributed by atoms with Crippen LogP contribution in [-0.2, 0) is 20.7 Å². The molecule has 0 aromatic heterocycles. The largest absolute Gasteiger partial charge is 0.456 e. The number of hydrogen-bond donors (Lipinski definition) is 1.